The molecule has 112 valence electrons. The smallest absolute Gasteiger partial charge is 0.193 e. The molecule has 1 heterocycles. The predicted octanol–water partition coefficient (Wildman–Crippen LogP) is 2.62. The summed E-state index contributed by atoms with van der Waals surface area (Å²) in [7, 11) is 2.10. The van der Waals surface area contributed by atoms with Crippen LogP contribution in [0.4, 0.5) is 0 Å². The van der Waals surface area contributed by atoms with Gasteiger partial charge in [0.1, 0.15) is 0 Å². The van der Waals surface area contributed by atoms with Crippen molar-refractivity contribution in [2.75, 3.05) is 33.3 Å². The number of hydrogen-bond donors (Lipinski definition) is 1. The maximum atomic E-state index is 6.18. The molecule has 0 unspecified atom stereocenters. The van der Waals surface area contributed by atoms with Crippen molar-refractivity contribution in [1.82, 2.24) is 10.2 Å². The van der Waals surface area contributed by atoms with E-state index in [1.807, 2.05) is 0 Å². The number of guanidine groups is 1. The molecule has 1 aliphatic heterocycles. The lowest BCUT2D eigenvalue weighted by molar-refractivity contribution is -0.0658. The Kier molecular flexibility index (Phi) is 7.42. The van der Waals surface area contributed by atoms with Crippen LogP contribution in [0.3, 0.4) is 0 Å². The van der Waals surface area contributed by atoms with E-state index in [9.17, 15) is 0 Å². The number of ether oxygens (including phenoxy) is 1. The zero-order chi connectivity index (χ0) is 12.8. The van der Waals surface area contributed by atoms with Crippen molar-refractivity contribution in [2.24, 2.45) is 4.99 Å². The molecular weight excluding hydrogens is 353 g/mol. The Labute approximate surface area is 134 Å². The van der Waals surface area contributed by atoms with Crippen LogP contribution in [0.15, 0.2) is 4.99 Å². The van der Waals surface area contributed by atoms with E-state index in [2.05, 4.69) is 29.2 Å². The van der Waals surface area contributed by atoms with Crippen LogP contribution >= 0.6 is 24.0 Å². The second-order valence-corrected chi connectivity index (χ2v) is 5.57. The van der Waals surface area contributed by atoms with Gasteiger partial charge >= 0.3 is 0 Å². The summed E-state index contributed by atoms with van der Waals surface area (Å²) in [6, 6.07) is 0. The van der Waals surface area contributed by atoms with Crippen molar-refractivity contribution in [1.29, 1.82) is 0 Å². The predicted molar refractivity (Wildman–Crippen MR) is 90.4 cm³/mol. The average molecular weight is 381 g/mol. The van der Waals surface area contributed by atoms with Crippen molar-refractivity contribution in [3.05, 3.63) is 0 Å². The highest BCUT2D eigenvalue weighted by atomic mass is 127. The van der Waals surface area contributed by atoms with E-state index in [0.29, 0.717) is 0 Å². The summed E-state index contributed by atoms with van der Waals surface area (Å²) in [6.45, 7) is 5.92. The second kappa shape index (κ2) is 8.29. The number of hydrogen-bond acceptors (Lipinski definition) is 4. The van der Waals surface area contributed by atoms with Gasteiger partial charge in [-0.3, -0.25) is 4.99 Å². The fourth-order valence-corrected chi connectivity index (χ4v) is 2.85. The molecule has 0 saturated heterocycles. The molecule has 1 aliphatic carbocycles. The van der Waals surface area contributed by atoms with E-state index in [4.69, 9.17) is 4.74 Å². The molecule has 0 aromatic heterocycles. The highest BCUT2D eigenvalue weighted by Gasteiger charge is 2.33. The van der Waals surface area contributed by atoms with Crippen LogP contribution in [0, 0.1) is 0 Å². The van der Waals surface area contributed by atoms with Gasteiger partial charge in [-0.2, -0.15) is 0 Å². The van der Waals surface area contributed by atoms with Crippen LogP contribution in [0.1, 0.15) is 45.4 Å². The first-order valence-corrected chi connectivity index (χ1v) is 7.39. The maximum absolute atomic E-state index is 6.18. The molecule has 0 spiro atoms. The molecule has 0 atom stereocenters. The molecule has 2 aliphatic rings. The van der Waals surface area contributed by atoms with E-state index in [0.717, 1.165) is 38.6 Å². The lowest BCUT2D eigenvalue weighted by atomic mass is 9.84. The number of nitrogens with zero attached hydrogens (tertiary/aromatic N) is 2. The van der Waals surface area contributed by atoms with E-state index < -0.39 is 0 Å². The quantitative estimate of drug-likeness (QED) is 0.744. The number of rotatable bonds is 5. The molecule has 2 rings (SSSR count). The Bertz CT molecular complexity index is 290. The molecule has 0 amide bonds. The van der Waals surface area contributed by atoms with Gasteiger partial charge in [0.2, 0.25) is 0 Å². The Morgan fingerprint density at radius 2 is 2.05 bits per heavy atom. The molecule has 4 nitrogen and oxygen atoms in total. The molecule has 1 saturated carbocycles. The summed E-state index contributed by atoms with van der Waals surface area (Å²) in [4.78, 5) is 6.68. The highest BCUT2D eigenvalue weighted by molar-refractivity contribution is 14.0. The molecule has 0 bridgehead atoms. The van der Waals surface area contributed by atoms with Crippen molar-refractivity contribution < 1.29 is 4.74 Å². The van der Waals surface area contributed by atoms with Crippen LogP contribution in [-0.4, -0.2) is 49.7 Å². The zero-order valence-electron chi connectivity index (χ0n) is 12.3. The lowest BCUT2D eigenvalue weighted by Gasteiger charge is -2.38. The summed E-state index contributed by atoms with van der Waals surface area (Å²) < 4.78 is 6.18. The molecule has 1 N–H and O–H groups in total. The molecule has 0 aromatic carbocycles. The minimum absolute atomic E-state index is 0. The Morgan fingerprint density at radius 3 is 2.63 bits per heavy atom. The van der Waals surface area contributed by atoms with Gasteiger partial charge in [0.25, 0.3) is 0 Å². The number of nitrogens with one attached hydrogen (secondary N) is 1. The van der Waals surface area contributed by atoms with Gasteiger partial charge in [0, 0.05) is 26.7 Å². The van der Waals surface area contributed by atoms with Crippen molar-refractivity contribution in [2.45, 2.75) is 51.0 Å². The Balaban J connectivity index is 0.00000180. The summed E-state index contributed by atoms with van der Waals surface area (Å²) in [6.07, 6.45) is 7.44. The first kappa shape index (κ1) is 17.0. The zero-order valence-corrected chi connectivity index (χ0v) is 14.6. The largest absolute Gasteiger partial charge is 0.373 e. The van der Waals surface area contributed by atoms with Crippen molar-refractivity contribution in [3.8, 4) is 0 Å². The third-order valence-electron chi connectivity index (χ3n) is 4.00. The van der Waals surface area contributed by atoms with Crippen LogP contribution in [-0.2, 0) is 4.74 Å². The Hall–Kier alpha value is -0.0400. The van der Waals surface area contributed by atoms with Gasteiger partial charge in [0.15, 0.2) is 5.96 Å². The molecule has 0 aromatic rings. The minimum Gasteiger partial charge on any atom is -0.373 e. The van der Waals surface area contributed by atoms with Gasteiger partial charge in [-0.25, -0.2) is 0 Å². The monoisotopic (exact) mass is 381 g/mol. The fourth-order valence-electron chi connectivity index (χ4n) is 2.85. The van der Waals surface area contributed by atoms with Gasteiger partial charge in [-0.15, -0.1) is 24.0 Å². The van der Waals surface area contributed by atoms with Gasteiger partial charge in [-0.05, 0) is 19.3 Å². The first-order valence-electron chi connectivity index (χ1n) is 7.39. The summed E-state index contributed by atoms with van der Waals surface area (Å²) >= 11 is 0. The maximum Gasteiger partial charge on any atom is 0.193 e. The second-order valence-electron chi connectivity index (χ2n) is 5.57. The number of likely N-dealkylation sites (N-methyl/N-ethyl adjacent to an activating group) is 1. The fraction of sp³-hybridized carbons (Fsp3) is 0.929. The Morgan fingerprint density at radius 1 is 1.32 bits per heavy atom. The number of halogens is 1. The summed E-state index contributed by atoms with van der Waals surface area (Å²) in [5.41, 5.74) is 0.0558. The SMILES string of the molecule is CCCOC1(CNC2=NCCN2C)CCCCC1.I. The van der Waals surface area contributed by atoms with Crippen LogP contribution in [0.2, 0.25) is 0 Å². The molecule has 5 heteroatoms. The third kappa shape index (κ3) is 4.77. The molecule has 19 heavy (non-hydrogen) atoms. The van der Waals surface area contributed by atoms with Gasteiger partial charge in [0.05, 0.1) is 12.1 Å². The average Bonchev–Trinajstić information content (AvgIpc) is 2.81. The lowest BCUT2D eigenvalue weighted by Crippen LogP contribution is -2.49. The molecule has 1 fully saturated rings. The summed E-state index contributed by atoms with van der Waals surface area (Å²) in [5.74, 6) is 1.04. The van der Waals surface area contributed by atoms with Crippen LogP contribution in [0.5, 0.6) is 0 Å². The topological polar surface area (TPSA) is 36.9 Å². The van der Waals surface area contributed by atoms with Crippen molar-refractivity contribution in [3.63, 3.8) is 0 Å². The normalized spacial score (nSPS) is 21.8. The third-order valence-corrected chi connectivity index (χ3v) is 4.00. The number of aliphatic imine (C=N–C) groups is 1. The van der Waals surface area contributed by atoms with E-state index in [1.165, 1.54) is 32.1 Å². The van der Waals surface area contributed by atoms with E-state index >= 15 is 0 Å². The first-order chi connectivity index (χ1) is 8.76. The molecular formula is C14H28IN3O. The highest BCUT2D eigenvalue weighted by Crippen LogP contribution is 2.31. The van der Waals surface area contributed by atoms with Gasteiger partial charge < -0.3 is 15.0 Å². The van der Waals surface area contributed by atoms with Gasteiger partial charge in [-0.1, -0.05) is 26.2 Å². The molecule has 0 radical (unpaired) electrons. The minimum atomic E-state index is 0. The summed E-state index contributed by atoms with van der Waals surface area (Å²) in [5, 5.41) is 3.50. The van der Waals surface area contributed by atoms with E-state index in [1.54, 1.807) is 0 Å². The standard InChI is InChI=1S/C14H27N3O.HI/c1-3-11-18-14(7-5-4-6-8-14)12-16-13-15-9-10-17(13)2;/h3-12H2,1-2H3,(H,15,16);1H. The van der Waals surface area contributed by atoms with Crippen LogP contribution < -0.4 is 5.32 Å². The van der Waals surface area contributed by atoms with E-state index in [-0.39, 0.29) is 29.6 Å². The van der Waals surface area contributed by atoms with Crippen LogP contribution in [0.25, 0.3) is 0 Å². The van der Waals surface area contributed by atoms with Crippen molar-refractivity contribution >= 4 is 29.9 Å².